The van der Waals surface area contributed by atoms with Crippen LogP contribution in [0.1, 0.15) is 23.4 Å². The third kappa shape index (κ3) is 4.16. The van der Waals surface area contributed by atoms with Crippen LogP contribution < -0.4 is 5.73 Å². The highest BCUT2D eigenvalue weighted by atomic mass is 32.1. The second kappa shape index (κ2) is 8.08. The van der Waals surface area contributed by atoms with E-state index in [1.165, 1.54) is 0 Å². The first-order valence-corrected chi connectivity index (χ1v) is 8.13. The number of hydrogen-bond acceptors (Lipinski definition) is 4. The molecule has 0 aliphatic heterocycles. The smallest absolute Gasteiger partial charge is 0.242 e. The molecule has 0 aliphatic carbocycles. The summed E-state index contributed by atoms with van der Waals surface area (Å²) in [6.45, 7) is 2.80. The molecule has 0 aliphatic rings. The maximum Gasteiger partial charge on any atom is 0.242 e. The second-order valence-corrected chi connectivity index (χ2v) is 6.18. The van der Waals surface area contributed by atoms with Crippen molar-refractivity contribution in [2.75, 3.05) is 13.7 Å². The van der Waals surface area contributed by atoms with Gasteiger partial charge in [-0.05, 0) is 23.9 Å². The normalized spacial score (nSPS) is 13.6. The monoisotopic (exact) mass is 318 g/mol. The molecule has 0 fully saturated rings. The van der Waals surface area contributed by atoms with Crippen molar-refractivity contribution >= 4 is 17.2 Å². The number of rotatable bonds is 7. The van der Waals surface area contributed by atoms with Crippen molar-refractivity contribution in [3.63, 3.8) is 0 Å². The number of ether oxygens (including phenoxy) is 1. The minimum absolute atomic E-state index is 0.0180. The Labute approximate surface area is 135 Å². The summed E-state index contributed by atoms with van der Waals surface area (Å²) in [6.07, 6.45) is 0. The molecule has 118 valence electrons. The Morgan fingerprint density at radius 1 is 1.27 bits per heavy atom. The molecule has 1 heterocycles. The first kappa shape index (κ1) is 16.7. The van der Waals surface area contributed by atoms with Crippen molar-refractivity contribution in [1.29, 1.82) is 0 Å². The first-order valence-electron chi connectivity index (χ1n) is 7.25. The molecule has 0 spiro atoms. The van der Waals surface area contributed by atoms with Crippen molar-refractivity contribution < 1.29 is 9.53 Å². The Kier molecular flexibility index (Phi) is 6.12. The zero-order valence-corrected chi connectivity index (χ0v) is 13.8. The third-order valence-corrected chi connectivity index (χ3v) is 4.61. The van der Waals surface area contributed by atoms with Gasteiger partial charge >= 0.3 is 0 Å². The average Bonchev–Trinajstić information content (AvgIpc) is 3.07. The van der Waals surface area contributed by atoms with Gasteiger partial charge in [-0.1, -0.05) is 36.4 Å². The number of nitrogens with zero attached hydrogens (tertiary/aromatic N) is 1. The van der Waals surface area contributed by atoms with Gasteiger partial charge in [-0.2, -0.15) is 0 Å². The van der Waals surface area contributed by atoms with Crippen molar-refractivity contribution in [2.45, 2.75) is 25.6 Å². The largest absolute Gasteiger partial charge is 0.383 e. The summed E-state index contributed by atoms with van der Waals surface area (Å²) in [5.74, 6) is -0.0911. The molecule has 1 aromatic heterocycles. The minimum atomic E-state index is -0.642. The number of benzene rings is 1. The summed E-state index contributed by atoms with van der Waals surface area (Å²) in [4.78, 5) is 15.7. The summed E-state index contributed by atoms with van der Waals surface area (Å²) in [5.41, 5.74) is 7.05. The lowest BCUT2D eigenvalue weighted by molar-refractivity contribution is -0.136. The summed E-state index contributed by atoms with van der Waals surface area (Å²) in [6, 6.07) is 13.3. The van der Waals surface area contributed by atoms with Gasteiger partial charge in [-0.25, -0.2) is 0 Å². The van der Waals surface area contributed by atoms with E-state index in [9.17, 15) is 4.79 Å². The predicted octanol–water partition coefficient (Wildman–Crippen LogP) is 2.81. The molecule has 1 amide bonds. The Bertz CT molecular complexity index is 572. The number of carbonyl (C=O) groups excluding carboxylic acids is 1. The average molecular weight is 318 g/mol. The molecule has 2 N–H and O–H groups in total. The second-order valence-electron chi connectivity index (χ2n) is 5.20. The Balaban J connectivity index is 2.22. The van der Waals surface area contributed by atoms with E-state index < -0.39 is 6.04 Å². The number of methoxy groups -OCH3 is 1. The van der Waals surface area contributed by atoms with E-state index in [1.54, 1.807) is 18.4 Å². The molecular weight excluding hydrogens is 296 g/mol. The predicted molar refractivity (Wildman–Crippen MR) is 89.6 cm³/mol. The van der Waals surface area contributed by atoms with Gasteiger partial charge in [0.25, 0.3) is 0 Å². The zero-order valence-electron chi connectivity index (χ0n) is 12.9. The molecule has 22 heavy (non-hydrogen) atoms. The number of carbonyl (C=O) groups is 1. The minimum Gasteiger partial charge on any atom is -0.383 e. The van der Waals surface area contributed by atoms with E-state index in [2.05, 4.69) is 0 Å². The van der Waals surface area contributed by atoms with Gasteiger partial charge < -0.3 is 15.4 Å². The van der Waals surface area contributed by atoms with Gasteiger partial charge in [0.15, 0.2) is 0 Å². The Morgan fingerprint density at radius 2 is 2.00 bits per heavy atom. The Hall–Kier alpha value is -1.69. The summed E-state index contributed by atoms with van der Waals surface area (Å²) < 4.78 is 5.03. The van der Waals surface area contributed by atoms with Crippen LogP contribution in [0.15, 0.2) is 47.8 Å². The van der Waals surface area contributed by atoms with Crippen molar-refractivity contribution in [3.8, 4) is 0 Å². The molecule has 0 bridgehead atoms. The molecule has 0 saturated carbocycles. The number of hydrogen-bond donors (Lipinski definition) is 1. The topological polar surface area (TPSA) is 55.6 Å². The molecule has 2 atom stereocenters. The summed E-state index contributed by atoms with van der Waals surface area (Å²) in [5, 5.41) is 2.02. The SMILES string of the molecule is COCC(N)C(=O)N(Cc1ccccc1)C(C)c1cccs1. The molecule has 2 aromatic rings. The molecule has 0 saturated heterocycles. The van der Waals surface area contributed by atoms with E-state index in [0.29, 0.717) is 6.54 Å². The van der Waals surface area contributed by atoms with Gasteiger partial charge in [0.2, 0.25) is 5.91 Å². The highest BCUT2D eigenvalue weighted by molar-refractivity contribution is 7.10. The number of amides is 1. The number of nitrogens with two attached hydrogens (primary N) is 1. The van der Waals surface area contributed by atoms with Gasteiger partial charge in [-0.3, -0.25) is 4.79 Å². The number of thiophene rings is 1. The fourth-order valence-electron chi connectivity index (χ4n) is 2.33. The highest BCUT2D eigenvalue weighted by Gasteiger charge is 2.26. The lowest BCUT2D eigenvalue weighted by atomic mass is 10.1. The highest BCUT2D eigenvalue weighted by Crippen LogP contribution is 2.26. The van der Waals surface area contributed by atoms with Crippen molar-refractivity contribution in [2.24, 2.45) is 5.73 Å². The standard InChI is InChI=1S/C17H22N2O2S/c1-13(16-9-6-10-22-16)19(17(20)15(18)12-21-2)11-14-7-4-3-5-8-14/h3-10,13,15H,11-12,18H2,1-2H3. The van der Waals surface area contributed by atoms with Crippen LogP contribution in [-0.4, -0.2) is 30.6 Å². The molecule has 4 nitrogen and oxygen atoms in total. The van der Waals surface area contributed by atoms with Crippen LogP contribution in [0.2, 0.25) is 0 Å². The van der Waals surface area contributed by atoms with E-state index >= 15 is 0 Å². The molecule has 1 aromatic carbocycles. The molecule has 2 rings (SSSR count). The van der Waals surface area contributed by atoms with Gasteiger partial charge in [0.05, 0.1) is 12.6 Å². The van der Waals surface area contributed by atoms with Crippen molar-refractivity contribution in [1.82, 2.24) is 4.90 Å². The summed E-state index contributed by atoms with van der Waals surface area (Å²) in [7, 11) is 1.55. The zero-order chi connectivity index (χ0) is 15.9. The fourth-order valence-corrected chi connectivity index (χ4v) is 3.13. The van der Waals surface area contributed by atoms with Gasteiger partial charge in [0.1, 0.15) is 6.04 Å². The molecule has 2 unspecified atom stereocenters. The van der Waals surface area contributed by atoms with E-state index in [4.69, 9.17) is 10.5 Å². The van der Waals surface area contributed by atoms with E-state index in [-0.39, 0.29) is 18.6 Å². The quantitative estimate of drug-likeness (QED) is 0.854. The lowest BCUT2D eigenvalue weighted by Gasteiger charge is -2.31. The van der Waals surface area contributed by atoms with Crippen LogP contribution in [0.5, 0.6) is 0 Å². The van der Waals surface area contributed by atoms with Crippen LogP contribution in [0.25, 0.3) is 0 Å². The van der Waals surface area contributed by atoms with E-state index in [1.807, 2.05) is 59.7 Å². The van der Waals surface area contributed by atoms with E-state index in [0.717, 1.165) is 10.4 Å². The molecule has 5 heteroatoms. The summed E-state index contributed by atoms with van der Waals surface area (Å²) >= 11 is 1.65. The fraction of sp³-hybridized carbons (Fsp3) is 0.353. The van der Waals surface area contributed by atoms with Gasteiger partial charge in [0, 0.05) is 18.5 Å². The lowest BCUT2D eigenvalue weighted by Crippen LogP contribution is -2.46. The van der Waals surface area contributed by atoms with Crippen LogP contribution >= 0.6 is 11.3 Å². The van der Waals surface area contributed by atoms with Crippen LogP contribution in [0, 0.1) is 0 Å². The maximum absolute atomic E-state index is 12.7. The molecular formula is C17H22N2O2S. The maximum atomic E-state index is 12.7. The van der Waals surface area contributed by atoms with Crippen LogP contribution in [0.4, 0.5) is 0 Å². The van der Waals surface area contributed by atoms with Crippen LogP contribution in [-0.2, 0) is 16.1 Å². The first-order chi connectivity index (χ1) is 10.6. The third-order valence-electron chi connectivity index (χ3n) is 3.56. The van der Waals surface area contributed by atoms with Crippen molar-refractivity contribution in [3.05, 3.63) is 58.3 Å². The Morgan fingerprint density at radius 3 is 2.59 bits per heavy atom. The molecule has 0 radical (unpaired) electrons. The van der Waals surface area contributed by atoms with Crippen LogP contribution in [0.3, 0.4) is 0 Å². The van der Waals surface area contributed by atoms with Gasteiger partial charge in [-0.15, -0.1) is 11.3 Å².